The predicted molar refractivity (Wildman–Crippen MR) is 41.1 cm³/mol. The molecular formula is C7H9ClN2. The maximum Gasteiger partial charge on any atom is 0.115 e. The number of nitrogens with zero attached hydrogens (tertiary/aromatic N) is 2. The Hall–Kier alpha value is -0.630. The Morgan fingerprint density at radius 3 is 3.00 bits per heavy atom. The van der Waals surface area contributed by atoms with Crippen molar-refractivity contribution >= 4 is 11.6 Å². The van der Waals surface area contributed by atoms with E-state index in [0.717, 1.165) is 12.1 Å². The zero-order valence-corrected chi connectivity index (χ0v) is 6.54. The monoisotopic (exact) mass is 156 g/mol. The van der Waals surface area contributed by atoms with Gasteiger partial charge in [-0.2, -0.15) is 0 Å². The van der Waals surface area contributed by atoms with Crippen LogP contribution < -0.4 is 0 Å². The maximum absolute atomic E-state index is 5.75. The fourth-order valence-electron chi connectivity index (χ4n) is 0.727. The number of rotatable bonds is 2. The molecule has 0 amide bonds. The summed E-state index contributed by atoms with van der Waals surface area (Å²) in [4.78, 5) is 7.82. The standard InChI is InChI=1S/C7H9ClN2/c1-6(8)4-7-2-3-9-5-10-7/h2-3,5-6H,4H2,1H3. The summed E-state index contributed by atoms with van der Waals surface area (Å²) in [5.74, 6) is 0. The van der Waals surface area contributed by atoms with Gasteiger partial charge in [-0.15, -0.1) is 11.6 Å². The van der Waals surface area contributed by atoms with Crippen LogP contribution >= 0.6 is 11.6 Å². The quantitative estimate of drug-likeness (QED) is 0.609. The van der Waals surface area contributed by atoms with Gasteiger partial charge in [-0.25, -0.2) is 9.97 Å². The Bertz CT molecular complexity index is 186. The van der Waals surface area contributed by atoms with E-state index in [2.05, 4.69) is 9.97 Å². The molecule has 3 heteroatoms. The number of alkyl halides is 1. The van der Waals surface area contributed by atoms with E-state index in [4.69, 9.17) is 11.6 Å². The number of aromatic nitrogens is 2. The second-order valence-corrected chi connectivity index (χ2v) is 2.93. The van der Waals surface area contributed by atoms with Crippen LogP contribution in [0.15, 0.2) is 18.6 Å². The summed E-state index contributed by atoms with van der Waals surface area (Å²) >= 11 is 5.75. The molecule has 0 aromatic carbocycles. The third-order valence-corrected chi connectivity index (χ3v) is 1.29. The van der Waals surface area contributed by atoms with Crippen LogP contribution in [0.2, 0.25) is 0 Å². The van der Waals surface area contributed by atoms with Crippen molar-refractivity contribution in [1.29, 1.82) is 0 Å². The fraction of sp³-hybridized carbons (Fsp3) is 0.429. The summed E-state index contributed by atoms with van der Waals surface area (Å²) in [5, 5.41) is 0.148. The highest BCUT2D eigenvalue weighted by atomic mass is 35.5. The minimum Gasteiger partial charge on any atom is -0.245 e. The minimum atomic E-state index is 0.148. The fourth-order valence-corrected chi connectivity index (χ4v) is 0.885. The van der Waals surface area contributed by atoms with E-state index in [1.54, 1.807) is 6.20 Å². The molecule has 10 heavy (non-hydrogen) atoms. The first kappa shape index (κ1) is 7.48. The summed E-state index contributed by atoms with van der Waals surface area (Å²) in [6.07, 6.45) is 4.07. The van der Waals surface area contributed by atoms with Crippen LogP contribution in [-0.4, -0.2) is 15.3 Å². The van der Waals surface area contributed by atoms with Gasteiger partial charge in [0.1, 0.15) is 6.33 Å². The van der Waals surface area contributed by atoms with Crippen molar-refractivity contribution in [3.63, 3.8) is 0 Å². The molecule has 1 unspecified atom stereocenters. The van der Waals surface area contributed by atoms with Gasteiger partial charge in [0.2, 0.25) is 0 Å². The molecule has 1 aromatic rings. The van der Waals surface area contributed by atoms with Crippen molar-refractivity contribution in [2.45, 2.75) is 18.7 Å². The van der Waals surface area contributed by atoms with Crippen molar-refractivity contribution in [3.05, 3.63) is 24.3 Å². The summed E-state index contributed by atoms with van der Waals surface area (Å²) in [7, 11) is 0. The van der Waals surface area contributed by atoms with Crippen LogP contribution in [0.25, 0.3) is 0 Å². The Morgan fingerprint density at radius 1 is 1.70 bits per heavy atom. The van der Waals surface area contributed by atoms with Crippen LogP contribution in [0.1, 0.15) is 12.6 Å². The van der Waals surface area contributed by atoms with Crippen molar-refractivity contribution in [2.75, 3.05) is 0 Å². The first-order chi connectivity index (χ1) is 4.79. The summed E-state index contributed by atoms with van der Waals surface area (Å²) < 4.78 is 0. The molecule has 0 saturated carbocycles. The average Bonchev–Trinajstić information content (AvgIpc) is 1.88. The number of hydrogen-bond donors (Lipinski definition) is 0. The smallest absolute Gasteiger partial charge is 0.115 e. The zero-order valence-electron chi connectivity index (χ0n) is 5.79. The SMILES string of the molecule is CC(Cl)Cc1ccncn1. The summed E-state index contributed by atoms with van der Waals surface area (Å²) in [5.41, 5.74) is 0.998. The molecule has 0 N–H and O–H groups in total. The second kappa shape index (κ2) is 3.52. The van der Waals surface area contributed by atoms with Gasteiger partial charge in [0.05, 0.1) is 0 Å². The molecule has 54 valence electrons. The molecule has 2 nitrogen and oxygen atoms in total. The lowest BCUT2D eigenvalue weighted by molar-refractivity contribution is 0.880. The molecule has 1 aromatic heterocycles. The number of hydrogen-bond acceptors (Lipinski definition) is 2. The van der Waals surface area contributed by atoms with Crippen molar-refractivity contribution in [1.82, 2.24) is 9.97 Å². The average molecular weight is 157 g/mol. The largest absolute Gasteiger partial charge is 0.245 e. The topological polar surface area (TPSA) is 25.8 Å². The van der Waals surface area contributed by atoms with Gasteiger partial charge in [0.15, 0.2) is 0 Å². The van der Waals surface area contributed by atoms with Crippen LogP contribution in [0.4, 0.5) is 0 Å². The Balaban J connectivity index is 2.59. The van der Waals surface area contributed by atoms with Crippen molar-refractivity contribution in [2.24, 2.45) is 0 Å². The van der Waals surface area contributed by atoms with E-state index < -0.39 is 0 Å². The molecule has 1 atom stereocenters. The normalized spacial score (nSPS) is 13.0. The van der Waals surface area contributed by atoms with E-state index >= 15 is 0 Å². The van der Waals surface area contributed by atoms with Gasteiger partial charge in [0, 0.05) is 23.7 Å². The summed E-state index contributed by atoms with van der Waals surface area (Å²) in [6, 6.07) is 1.87. The Labute approximate surface area is 65.3 Å². The Kier molecular flexibility index (Phi) is 2.63. The highest BCUT2D eigenvalue weighted by Crippen LogP contribution is 2.02. The molecule has 0 fully saturated rings. The second-order valence-electron chi connectivity index (χ2n) is 2.19. The lowest BCUT2D eigenvalue weighted by Crippen LogP contribution is -1.99. The van der Waals surface area contributed by atoms with Crippen LogP contribution in [-0.2, 0) is 6.42 Å². The Morgan fingerprint density at radius 2 is 2.50 bits per heavy atom. The molecule has 0 radical (unpaired) electrons. The van der Waals surface area contributed by atoms with Crippen molar-refractivity contribution in [3.8, 4) is 0 Å². The molecule has 0 aliphatic carbocycles. The molecule has 0 spiro atoms. The predicted octanol–water partition coefficient (Wildman–Crippen LogP) is 1.65. The van der Waals surface area contributed by atoms with E-state index in [1.807, 2.05) is 13.0 Å². The third kappa shape index (κ3) is 2.31. The first-order valence-electron chi connectivity index (χ1n) is 3.18. The van der Waals surface area contributed by atoms with Crippen LogP contribution in [0.5, 0.6) is 0 Å². The first-order valence-corrected chi connectivity index (χ1v) is 3.61. The minimum absolute atomic E-state index is 0.148. The van der Waals surface area contributed by atoms with Crippen LogP contribution in [0.3, 0.4) is 0 Å². The summed E-state index contributed by atoms with van der Waals surface area (Å²) in [6.45, 7) is 1.95. The van der Waals surface area contributed by atoms with Crippen LogP contribution in [0, 0.1) is 0 Å². The van der Waals surface area contributed by atoms with Gasteiger partial charge in [-0.1, -0.05) is 0 Å². The maximum atomic E-state index is 5.75. The molecule has 0 aliphatic heterocycles. The molecule has 1 rings (SSSR count). The lowest BCUT2D eigenvalue weighted by atomic mass is 10.2. The molecule has 0 aliphatic rings. The highest BCUT2D eigenvalue weighted by molar-refractivity contribution is 6.20. The van der Waals surface area contributed by atoms with Crippen molar-refractivity contribution < 1.29 is 0 Å². The highest BCUT2D eigenvalue weighted by Gasteiger charge is 1.98. The van der Waals surface area contributed by atoms with Gasteiger partial charge >= 0.3 is 0 Å². The van der Waals surface area contributed by atoms with E-state index in [-0.39, 0.29) is 5.38 Å². The molecule has 0 saturated heterocycles. The van der Waals surface area contributed by atoms with E-state index in [9.17, 15) is 0 Å². The molecule has 1 heterocycles. The van der Waals surface area contributed by atoms with Gasteiger partial charge in [-0.05, 0) is 13.0 Å². The van der Waals surface area contributed by atoms with Gasteiger partial charge < -0.3 is 0 Å². The van der Waals surface area contributed by atoms with E-state index in [1.165, 1.54) is 6.33 Å². The molecular weight excluding hydrogens is 148 g/mol. The number of halogens is 1. The zero-order chi connectivity index (χ0) is 7.40. The van der Waals surface area contributed by atoms with Gasteiger partial charge in [-0.3, -0.25) is 0 Å². The van der Waals surface area contributed by atoms with E-state index in [0.29, 0.717) is 0 Å². The van der Waals surface area contributed by atoms with Gasteiger partial charge in [0.25, 0.3) is 0 Å². The lowest BCUT2D eigenvalue weighted by Gasteiger charge is -1.99. The molecule has 0 bridgehead atoms. The third-order valence-electron chi connectivity index (χ3n) is 1.13.